The monoisotopic (exact) mass is 604 g/mol. The maximum Gasteiger partial charge on any atom is 0.251 e. The number of hydrogen-bond acceptors (Lipinski definition) is 10. The summed E-state index contributed by atoms with van der Waals surface area (Å²) >= 11 is 0. The van der Waals surface area contributed by atoms with Crippen LogP contribution in [0.1, 0.15) is 61.8 Å². The van der Waals surface area contributed by atoms with Gasteiger partial charge in [-0.1, -0.05) is 12.1 Å². The molecule has 3 heterocycles. The first-order valence-electron chi connectivity index (χ1n) is 14.2. The molecule has 13 nitrogen and oxygen atoms in total. The van der Waals surface area contributed by atoms with Crippen molar-refractivity contribution < 1.29 is 14.7 Å². The number of aryl methyl sites for hydroxylation is 2. The smallest absolute Gasteiger partial charge is 0.251 e. The Morgan fingerprint density at radius 3 is 2.53 bits per heavy atom. The largest absolute Gasteiger partial charge is 0.395 e. The van der Waals surface area contributed by atoms with Gasteiger partial charge in [-0.25, -0.2) is 19.5 Å². The molecule has 45 heavy (non-hydrogen) atoms. The molecule has 0 radical (unpaired) electrons. The number of aliphatic hydroxyl groups excluding tert-OH is 1. The van der Waals surface area contributed by atoms with E-state index in [0.29, 0.717) is 22.6 Å². The molecule has 0 aliphatic rings. The van der Waals surface area contributed by atoms with Gasteiger partial charge in [0.1, 0.15) is 29.6 Å². The number of hydrogen-bond donors (Lipinski definition) is 5. The van der Waals surface area contributed by atoms with Crippen molar-refractivity contribution in [1.82, 2.24) is 35.2 Å². The fraction of sp³-hybridized carbons (Fsp3) is 0.219. The van der Waals surface area contributed by atoms with Gasteiger partial charge in [0.05, 0.1) is 23.9 Å². The SMILES string of the molecule is Cc1cc(C(=O)NCc2ccc(C(=O)NCCO)cc2)cc(-c2nc(C(C)Nc3ncnc(N)c3C#N)nn3ccc(C)c23)c1. The van der Waals surface area contributed by atoms with Crippen molar-refractivity contribution >= 4 is 29.0 Å². The lowest BCUT2D eigenvalue weighted by Crippen LogP contribution is -2.26. The highest BCUT2D eigenvalue weighted by atomic mass is 16.3. The minimum Gasteiger partial charge on any atom is -0.395 e. The molecular weight excluding hydrogens is 572 g/mol. The van der Waals surface area contributed by atoms with E-state index < -0.39 is 6.04 Å². The van der Waals surface area contributed by atoms with E-state index >= 15 is 0 Å². The van der Waals surface area contributed by atoms with Crippen LogP contribution in [0.3, 0.4) is 0 Å². The average Bonchev–Trinajstić information content (AvgIpc) is 3.42. The third-order valence-electron chi connectivity index (χ3n) is 7.14. The van der Waals surface area contributed by atoms with Crippen molar-refractivity contribution in [3.8, 4) is 17.3 Å². The zero-order chi connectivity index (χ0) is 32.1. The number of fused-ring (bicyclic) bond motifs is 1. The van der Waals surface area contributed by atoms with Crippen molar-refractivity contribution in [3.05, 3.63) is 100 Å². The number of benzene rings is 2. The number of rotatable bonds is 10. The number of carbonyl (C=O) groups is 2. The molecule has 2 aromatic carbocycles. The van der Waals surface area contributed by atoms with E-state index in [1.54, 1.807) is 34.8 Å². The molecule has 5 aromatic rings. The second-order valence-electron chi connectivity index (χ2n) is 10.5. The quantitative estimate of drug-likeness (QED) is 0.158. The summed E-state index contributed by atoms with van der Waals surface area (Å²) in [7, 11) is 0. The summed E-state index contributed by atoms with van der Waals surface area (Å²) in [6, 6.07) is 16.0. The summed E-state index contributed by atoms with van der Waals surface area (Å²) in [5.74, 6) is 0.255. The summed E-state index contributed by atoms with van der Waals surface area (Å²) in [5, 5.41) is 31.9. The van der Waals surface area contributed by atoms with Gasteiger partial charge in [-0.05, 0) is 73.9 Å². The zero-order valence-electron chi connectivity index (χ0n) is 25.0. The van der Waals surface area contributed by atoms with E-state index in [0.717, 1.165) is 27.8 Å². The van der Waals surface area contributed by atoms with Crippen LogP contribution >= 0.6 is 0 Å². The lowest BCUT2D eigenvalue weighted by Gasteiger charge is -2.17. The van der Waals surface area contributed by atoms with Gasteiger partial charge in [-0.2, -0.15) is 10.4 Å². The first kappa shape index (κ1) is 30.6. The molecule has 0 fully saturated rings. The highest BCUT2D eigenvalue weighted by Gasteiger charge is 2.20. The van der Waals surface area contributed by atoms with Crippen molar-refractivity contribution in [2.75, 3.05) is 24.2 Å². The second kappa shape index (κ2) is 13.2. The minimum absolute atomic E-state index is 0.0736. The molecule has 0 aliphatic carbocycles. The first-order chi connectivity index (χ1) is 21.7. The normalized spacial score (nSPS) is 11.5. The molecule has 6 N–H and O–H groups in total. The van der Waals surface area contributed by atoms with Gasteiger partial charge >= 0.3 is 0 Å². The molecule has 3 aromatic heterocycles. The van der Waals surface area contributed by atoms with Crippen LogP contribution in [0, 0.1) is 25.2 Å². The summed E-state index contributed by atoms with van der Waals surface area (Å²) in [6.45, 7) is 6.05. The Bertz CT molecular complexity index is 1930. The fourth-order valence-corrected chi connectivity index (χ4v) is 4.85. The maximum absolute atomic E-state index is 13.3. The Kier molecular flexibility index (Phi) is 8.96. The number of nitrogens with zero attached hydrogens (tertiary/aromatic N) is 6. The predicted molar refractivity (Wildman–Crippen MR) is 168 cm³/mol. The number of nitrogens with two attached hydrogens (primary N) is 1. The van der Waals surface area contributed by atoms with Gasteiger partial charge < -0.3 is 26.8 Å². The number of nitrogens with one attached hydrogen (secondary N) is 3. The summed E-state index contributed by atoms with van der Waals surface area (Å²) in [5.41, 5.74) is 11.8. The van der Waals surface area contributed by atoms with E-state index in [4.69, 9.17) is 20.9 Å². The maximum atomic E-state index is 13.3. The molecule has 5 rings (SSSR count). The Balaban J connectivity index is 1.40. The number of anilines is 2. The van der Waals surface area contributed by atoms with E-state index in [2.05, 4.69) is 25.9 Å². The third kappa shape index (κ3) is 6.71. The minimum atomic E-state index is -0.461. The van der Waals surface area contributed by atoms with Gasteiger partial charge in [0.15, 0.2) is 5.82 Å². The Morgan fingerprint density at radius 2 is 1.80 bits per heavy atom. The molecule has 2 amide bonds. The molecule has 0 saturated heterocycles. The van der Waals surface area contributed by atoms with Crippen molar-refractivity contribution in [1.29, 1.82) is 5.26 Å². The van der Waals surface area contributed by atoms with Crippen LogP contribution in [-0.4, -0.2) is 54.6 Å². The first-order valence-corrected chi connectivity index (χ1v) is 14.2. The summed E-state index contributed by atoms with van der Waals surface area (Å²) in [6.07, 6.45) is 3.13. The van der Waals surface area contributed by atoms with Gasteiger partial charge in [0, 0.05) is 36.0 Å². The van der Waals surface area contributed by atoms with Crippen LogP contribution < -0.4 is 21.7 Å². The standard InChI is InChI=1S/C32H32N10O3/c1-18-12-23(14-24(13-18)32(45)36-16-21-4-6-22(7-5-21)31(44)35-9-11-43)26-27-19(2)8-10-42(27)41-29(40-26)20(3)39-30-25(15-33)28(34)37-17-38-30/h4-8,10,12-14,17,20,43H,9,11,16H2,1-3H3,(H,35,44)(H,36,45)(H3,34,37,38,39). The third-order valence-corrected chi connectivity index (χ3v) is 7.14. The van der Waals surface area contributed by atoms with E-state index in [-0.39, 0.29) is 48.7 Å². The number of aliphatic hydroxyl groups is 1. The van der Waals surface area contributed by atoms with Crippen molar-refractivity contribution in [2.45, 2.75) is 33.4 Å². The molecule has 1 atom stereocenters. The van der Waals surface area contributed by atoms with Crippen LogP contribution in [0.25, 0.3) is 16.8 Å². The number of nitrogen functional groups attached to an aromatic ring is 1. The number of aromatic nitrogens is 5. The van der Waals surface area contributed by atoms with Gasteiger partial charge in [0.25, 0.3) is 11.8 Å². The molecule has 13 heteroatoms. The Morgan fingerprint density at radius 1 is 1.04 bits per heavy atom. The molecule has 228 valence electrons. The molecular formula is C32H32N10O3. The average molecular weight is 605 g/mol. The van der Waals surface area contributed by atoms with Crippen molar-refractivity contribution in [3.63, 3.8) is 0 Å². The van der Waals surface area contributed by atoms with E-state index in [1.165, 1.54) is 6.33 Å². The van der Waals surface area contributed by atoms with Crippen LogP contribution in [0.5, 0.6) is 0 Å². The topological polar surface area (TPSA) is 196 Å². The van der Waals surface area contributed by atoms with Crippen LogP contribution in [0.15, 0.2) is 61.1 Å². The number of carbonyl (C=O) groups excluding carboxylic acids is 2. The van der Waals surface area contributed by atoms with Crippen LogP contribution in [0.2, 0.25) is 0 Å². The van der Waals surface area contributed by atoms with Crippen molar-refractivity contribution in [2.24, 2.45) is 0 Å². The zero-order valence-corrected chi connectivity index (χ0v) is 25.0. The molecule has 0 aliphatic heterocycles. The van der Waals surface area contributed by atoms with Crippen LogP contribution in [-0.2, 0) is 6.54 Å². The van der Waals surface area contributed by atoms with Crippen LogP contribution in [0.4, 0.5) is 11.6 Å². The predicted octanol–water partition coefficient (Wildman–Crippen LogP) is 3.08. The van der Waals surface area contributed by atoms with Gasteiger partial charge in [-0.3, -0.25) is 9.59 Å². The molecule has 1 unspecified atom stereocenters. The van der Waals surface area contributed by atoms with E-state index in [1.807, 2.05) is 51.2 Å². The summed E-state index contributed by atoms with van der Waals surface area (Å²) < 4.78 is 1.75. The Labute approximate surface area is 259 Å². The lowest BCUT2D eigenvalue weighted by molar-refractivity contribution is 0.0938. The number of nitriles is 1. The van der Waals surface area contributed by atoms with E-state index in [9.17, 15) is 14.9 Å². The number of amides is 2. The second-order valence-corrected chi connectivity index (χ2v) is 10.5. The lowest BCUT2D eigenvalue weighted by atomic mass is 10.0. The van der Waals surface area contributed by atoms with Gasteiger partial charge in [-0.15, -0.1) is 0 Å². The molecule has 0 bridgehead atoms. The highest BCUT2D eigenvalue weighted by molar-refractivity contribution is 5.96. The molecule has 0 saturated carbocycles. The van der Waals surface area contributed by atoms with Gasteiger partial charge in [0.2, 0.25) is 0 Å². The fourth-order valence-electron chi connectivity index (χ4n) is 4.85. The highest BCUT2D eigenvalue weighted by Crippen LogP contribution is 2.29. The Hall–Kier alpha value is -5.87. The summed E-state index contributed by atoms with van der Waals surface area (Å²) in [4.78, 5) is 38.4. The molecule has 0 spiro atoms.